The Kier molecular flexibility index (Phi) is 3.50. The molecule has 6 nitrogen and oxygen atoms in total. The molecule has 1 saturated carbocycles. The van der Waals surface area contributed by atoms with Crippen LogP contribution >= 0.6 is 11.6 Å². The van der Waals surface area contributed by atoms with E-state index in [1.807, 2.05) is 6.07 Å². The zero-order valence-electron chi connectivity index (χ0n) is 9.25. The number of carboxylic acids is 1. The van der Waals surface area contributed by atoms with Crippen LogP contribution in [0.5, 0.6) is 0 Å². The lowest BCUT2D eigenvalue weighted by molar-refractivity contribution is -0.132. The number of halogens is 1. The van der Waals surface area contributed by atoms with Gasteiger partial charge in [0.2, 0.25) is 0 Å². The Bertz CT molecular complexity index is 570. The van der Waals surface area contributed by atoms with Gasteiger partial charge in [0.25, 0.3) is 0 Å². The number of nitrogens with zero attached hydrogens (tertiary/aromatic N) is 4. The molecule has 1 N–H and O–H groups in total. The minimum absolute atomic E-state index is 0.214. The zero-order chi connectivity index (χ0) is 13.1. The Morgan fingerprint density at radius 2 is 2.33 bits per heavy atom. The summed E-state index contributed by atoms with van der Waals surface area (Å²) in [5.41, 5.74) is 9.18. The third kappa shape index (κ3) is 2.80. The molecule has 0 amide bonds. The van der Waals surface area contributed by atoms with Crippen LogP contribution in [0, 0.1) is 0 Å². The van der Waals surface area contributed by atoms with Gasteiger partial charge in [0.15, 0.2) is 0 Å². The van der Waals surface area contributed by atoms with Crippen LogP contribution in [0.3, 0.4) is 0 Å². The van der Waals surface area contributed by atoms with Crippen molar-refractivity contribution in [1.29, 1.82) is 0 Å². The Morgan fingerprint density at radius 1 is 1.61 bits per heavy atom. The zero-order valence-corrected chi connectivity index (χ0v) is 10.0. The summed E-state index contributed by atoms with van der Waals surface area (Å²) in [5, 5.41) is 12.1. The van der Waals surface area contributed by atoms with Gasteiger partial charge >= 0.3 is 5.97 Å². The number of azide groups is 1. The Balaban J connectivity index is 2.35. The molecule has 0 aliphatic heterocycles. The molecule has 1 fully saturated rings. The second-order valence-electron chi connectivity index (χ2n) is 3.91. The molecular weight excluding hydrogens is 256 g/mol. The van der Waals surface area contributed by atoms with E-state index in [1.54, 1.807) is 6.07 Å². The van der Waals surface area contributed by atoms with E-state index in [1.165, 1.54) is 6.08 Å². The van der Waals surface area contributed by atoms with Crippen molar-refractivity contribution in [1.82, 2.24) is 4.98 Å². The number of carbonyl (C=O) groups is 1. The average molecular weight is 265 g/mol. The first-order valence-electron chi connectivity index (χ1n) is 5.28. The average Bonchev–Trinajstić information content (AvgIpc) is 3.14. The summed E-state index contributed by atoms with van der Waals surface area (Å²) in [6.45, 7) is 0. The lowest BCUT2D eigenvalue weighted by Gasteiger charge is -2.02. The smallest absolute Gasteiger partial charge is 0.338 e. The molecule has 0 saturated heterocycles. The van der Waals surface area contributed by atoms with E-state index >= 15 is 0 Å². The monoisotopic (exact) mass is 264 g/mol. The van der Waals surface area contributed by atoms with Crippen molar-refractivity contribution in [3.8, 4) is 0 Å². The van der Waals surface area contributed by atoms with Gasteiger partial charge in [0.1, 0.15) is 10.9 Å². The third-order valence-corrected chi connectivity index (χ3v) is 2.86. The van der Waals surface area contributed by atoms with E-state index in [4.69, 9.17) is 22.2 Å². The number of pyridine rings is 1. The van der Waals surface area contributed by atoms with Crippen molar-refractivity contribution in [3.05, 3.63) is 44.7 Å². The predicted molar refractivity (Wildman–Crippen MR) is 66.0 cm³/mol. The maximum Gasteiger partial charge on any atom is 0.338 e. The number of aromatic nitrogens is 1. The van der Waals surface area contributed by atoms with Crippen molar-refractivity contribution in [2.75, 3.05) is 0 Å². The standard InChI is InChI=1S/C11H9ClN4O2/c12-10-7(5-9(11(17)18)15-16-13)3-4-8(14-10)6-1-2-6/h3-6H,1-2H2,(H,17,18)/b9-5-. The number of carboxylic acid groups (broad SMARTS) is 1. The summed E-state index contributed by atoms with van der Waals surface area (Å²) >= 11 is 5.97. The van der Waals surface area contributed by atoms with Gasteiger partial charge in [-0.2, -0.15) is 0 Å². The van der Waals surface area contributed by atoms with Gasteiger partial charge in [-0.15, -0.1) is 0 Å². The summed E-state index contributed by atoms with van der Waals surface area (Å²) in [5.74, 6) is -0.841. The Morgan fingerprint density at radius 3 is 2.83 bits per heavy atom. The highest BCUT2D eigenvalue weighted by Crippen LogP contribution is 2.39. The number of hydrogen-bond donors (Lipinski definition) is 1. The fraction of sp³-hybridized carbons (Fsp3) is 0.273. The van der Waals surface area contributed by atoms with Crippen LogP contribution < -0.4 is 0 Å². The van der Waals surface area contributed by atoms with Crippen molar-refractivity contribution < 1.29 is 9.90 Å². The van der Waals surface area contributed by atoms with E-state index in [2.05, 4.69) is 15.0 Å². The van der Waals surface area contributed by atoms with Crippen LogP contribution in [-0.4, -0.2) is 16.1 Å². The molecule has 0 spiro atoms. The molecule has 0 bridgehead atoms. The number of hydrogen-bond acceptors (Lipinski definition) is 3. The molecule has 0 unspecified atom stereocenters. The SMILES string of the molecule is [N-]=[N+]=N/C(=C\c1ccc(C2CC2)nc1Cl)C(=O)O. The second kappa shape index (κ2) is 5.08. The lowest BCUT2D eigenvalue weighted by atomic mass is 10.2. The van der Waals surface area contributed by atoms with E-state index in [0.717, 1.165) is 18.5 Å². The number of aliphatic carboxylic acids is 1. The minimum Gasteiger partial charge on any atom is -0.478 e. The highest BCUT2D eigenvalue weighted by molar-refractivity contribution is 6.31. The van der Waals surface area contributed by atoms with Gasteiger partial charge in [-0.05, 0) is 30.5 Å². The van der Waals surface area contributed by atoms with Gasteiger partial charge in [-0.1, -0.05) is 22.8 Å². The summed E-state index contributed by atoms with van der Waals surface area (Å²) in [6.07, 6.45) is 3.42. The summed E-state index contributed by atoms with van der Waals surface area (Å²) < 4.78 is 0. The molecule has 18 heavy (non-hydrogen) atoms. The molecule has 92 valence electrons. The first kappa shape index (κ1) is 12.4. The minimum atomic E-state index is -1.31. The summed E-state index contributed by atoms with van der Waals surface area (Å²) in [6, 6.07) is 3.49. The molecule has 2 rings (SSSR count). The van der Waals surface area contributed by atoms with Crippen LogP contribution in [-0.2, 0) is 4.79 Å². The Labute approximate surface area is 108 Å². The molecule has 1 aliphatic rings. The van der Waals surface area contributed by atoms with Gasteiger partial charge < -0.3 is 5.11 Å². The van der Waals surface area contributed by atoms with Crippen molar-refractivity contribution in [3.63, 3.8) is 0 Å². The van der Waals surface area contributed by atoms with Crippen LogP contribution in [0.4, 0.5) is 0 Å². The molecule has 1 heterocycles. The molecule has 1 aliphatic carbocycles. The summed E-state index contributed by atoms with van der Waals surface area (Å²) in [4.78, 5) is 17.4. The van der Waals surface area contributed by atoms with Crippen molar-refractivity contribution in [2.24, 2.45) is 5.11 Å². The predicted octanol–water partition coefficient (Wildman–Crippen LogP) is 3.35. The topological polar surface area (TPSA) is 99.0 Å². The molecular formula is C11H9ClN4O2. The highest BCUT2D eigenvalue weighted by Gasteiger charge is 2.25. The van der Waals surface area contributed by atoms with E-state index in [-0.39, 0.29) is 5.15 Å². The summed E-state index contributed by atoms with van der Waals surface area (Å²) in [7, 11) is 0. The van der Waals surface area contributed by atoms with E-state index in [9.17, 15) is 4.79 Å². The van der Waals surface area contributed by atoms with Gasteiger partial charge in [0, 0.05) is 22.1 Å². The third-order valence-electron chi connectivity index (χ3n) is 2.56. The normalized spacial score (nSPS) is 15.1. The van der Waals surface area contributed by atoms with Crippen LogP contribution in [0.1, 0.15) is 30.0 Å². The molecule has 7 heteroatoms. The maximum atomic E-state index is 10.8. The molecule has 1 aromatic heterocycles. The fourth-order valence-electron chi connectivity index (χ4n) is 1.50. The van der Waals surface area contributed by atoms with Crippen LogP contribution in [0.2, 0.25) is 5.15 Å². The largest absolute Gasteiger partial charge is 0.478 e. The van der Waals surface area contributed by atoms with Crippen molar-refractivity contribution in [2.45, 2.75) is 18.8 Å². The van der Waals surface area contributed by atoms with Crippen molar-refractivity contribution >= 4 is 23.6 Å². The Hall–Kier alpha value is -2.04. The van der Waals surface area contributed by atoms with Crippen LogP contribution in [0.15, 0.2) is 22.9 Å². The second-order valence-corrected chi connectivity index (χ2v) is 4.27. The molecule has 0 atom stereocenters. The molecule has 0 radical (unpaired) electrons. The first-order chi connectivity index (χ1) is 8.61. The molecule has 1 aromatic rings. The maximum absolute atomic E-state index is 10.8. The number of rotatable bonds is 4. The van der Waals surface area contributed by atoms with Gasteiger partial charge in [0.05, 0.1) is 0 Å². The van der Waals surface area contributed by atoms with E-state index in [0.29, 0.717) is 11.5 Å². The molecule has 0 aromatic carbocycles. The van der Waals surface area contributed by atoms with Crippen LogP contribution in [0.25, 0.3) is 16.5 Å². The first-order valence-corrected chi connectivity index (χ1v) is 5.66. The van der Waals surface area contributed by atoms with E-state index < -0.39 is 11.7 Å². The lowest BCUT2D eigenvalue weighted by Crippen LogP contribution is -1.97. The van der Waals surface area contributed by atoms with Gasteiger partial charge in [-0.3, -0.25) is 0 Å². The quantitative estimate of drug-likeness (QED) is 0.297. The fourth-order valence-corrected chi connectivity index (χ4v) is 1.72. The van der Waals surface area contributed by atoms with Gasteiger partial charge in [-0.25, -0.2) is 9.78 Å². The highest BCUT2D eigenvalue weighted by atomic mass is 35.5.